The summed E-state index contributed by atoms with van der Waals surface area (Å²) < 4.78 is 11.8. The molecule has 0 spiro atoms. The average Bonchev–Trinajstić information content (AvgIpc) is 2.90. The van der Waals surface area contributed by atoms with Crippen molar-refractivity contribution in [1.82, 2.24) is 15.5 Å². The van der Waals surface area contributed by atoms with Crippen LogP contribution in [0.25, 0.3) is 11.5 Å². The second-order valence-corrected chi connectivity index (χ2v) is 4.86. The molecule has 0 radical (unpaired) electrons. The molecule has 1 unspecified atom stereocenters. The number of benzene rings is 1. The first-order chi connectivity index (χ1) is 8.84. The summed E-state index contributed by atoms with van der Waals surface area (Å²) in [5, 5.41) is 7.22. The Labute approximate surface area is 113 Å². The Bertz CT molecular complexity index is 538. The lowest BCUT2D eigenvalue weighted by molar-refractivity contribution is 0.0208. The second-order valence-electron chi connectivity index (χ2n) is 4.00. The van der Waals surface area contributed by atoms with Gasteiger partial charge in [0.25, 0.3) is 5.89 Å². The van der Waals surface area contributed by atoms with Gasteiger partial charge in [-0.05, 0) is 28.1 Å². The van der Waals surface area contributed by atoms with Gasteiger partial charge < -0.3 is 14.6 Å². The minimum absolute atomic E-state index is 0.126. The third kappa shape index (κ3) is 2.31. The van der Waals surface area contributed by atoms with E-state index >= 15 is 0 Å². The van der Waals surface area contributed by atoms with Gasteiger partial charge in [-0.3, -0.25) is 0 Å². The number of ether oxygens (including phenoxy) is 1. The smallest absolute Gasteiger partial charge is 0.259 e. The van der Waals surface area contributed by atoms with Crippen LogP contribution < -0.4 is 5.32 Å². The van der Waals surface area contributed by atoms with Gasteiger partial charge in [-0.2, -0.15) is 4.98 Å². The summed E-state index contributed by atoms with van der Waals surface area (Å²) in [6.07, 6.45) is -0.126. The summed E-state index contributed by atoms with van der Waals surface area (Å²) in [7, 11) is 0. The Morgan fingerprint density at radius 1 is 1.33 bits per heavy atom. The van der Waals surface area contributed by atoms with Crippen LogP contribution in [0.15, 0.2) is 33.3 Å². The minimum atomic E-state index is -0.126. The fraction of sp³-hybridized carbons (Fsp3) is 0.333. The largest absolute Gasteiger partial charge is 0.367 e. The molecule has 1 atom stereocenters. The maximum atomic E-state index is 5.58. The molecule has 0 bridgehead atoms. The molecular weight excluding hydrogens is 298 g/mol. The Morgan fingerprint density at radius 3 is 3.00 bits per heavy atom. The summed E-state index contributed by atoms with van der Waals surface area (Å²) >= 11 is 3.47. The van der Waals surface area contributed by atoms with Gasteiger partial charge in [-0.25, -0.2) is 0 Å². The van der Waals surface area contributed by atoms with Crippen molar-refractivity contribution in [2.24, 2.45) is 0 Å². The summed E-state index contributed by atoms with van der Waals surface area (Å²) in [5.74, 6) is 1.10. The van der Waals surface area contributed by atoms with Crippen LogP contribution in [0.2, 0.25) is 0 Å². The van der Waals surface area contributed by atoms with E-state index in [1.165, 1.54) is 0 Å². The fourth-order valence-electron chi connectivity index (χ4n) is 1.84. The van der Waals surface area contributed by atoms with E-state index < -0.39 is 0 Å². The molecule has 0 saturated carbocycles. The third-order valence-electron chi connectivity index (χ3n) is 2.76. The van der Waals surface area contributed by atoms with Gasteiger partial charge in [-0.1, -0.05) is 17.3 Å². The number of aromatic nitrogens is 2. The SMILES string of the molecule is Brc1ccccc1-c1nc(C2CNCCO2)no1. The van der Waals surface area contributed by atoms with Gasteiger partial charge in [-0.15, -0.1) is 0 Å². The zero-order valence-corrected chi connectivity index (χ0v) is 11.2. The van der Waals surface area contributed by atoms with Crippen LogP contribution >= 0.6 is 15.9 Å². The molecule has 6 heteroatoms. The summed E-state index contributed by atoms with van der Waals surface area (Å²) in [4.78, 5) is 4.39. The van der Waals surface area contributed by atoms with Crippen LogP contribution in [0.5, 0.6) is 0 Å². The molecule has 3 rings (SSSR count). The minimum Gasteiger partial charge on any atom is -0.367 e. The number of nitrogens with one attached hydrogen (secondary N) is 1. The van der Waals surface area contributed by atoms with E-state index in [0.717, 1.165) is 23.1 Å². The second kappa shape index (κ2) is 5.17. The van der Waals surface area contributed by atoms with Crippen LogP contribution in [0.1, 0.15) is 11.9 Å². The topological polar surface area (TPSA) is 60.2 Å². The molecule has 2 aromatic rings. The first-order valence-corrected chi connectivity index (χ1v) is 6.55. The van der Waals surface area contributed by atoms with Crippen molar-refractivity contribution >= 4 is 15.9 Å². The Kier molecular flexibility index (Phi) is 3.40. The highest BCUT2D eigenvalue weighted by Crippen LogP contribution is 2.27. The molecule has 1 aliphatic rings. The highest BCUT2D eigenvalue weighted by Gasteiger charge is 2.22. The lowest BCUT2D eigenvalue weighted by Crippen LogP contribution is -2.33. The number of hydrogen-bond donors (Lipinski definition) is 1. The maximum absolute atomic E-state index is 5.58. The molecule has 94 valence electrons. The third-order valence-corrected chi connectivity index (χ3v) is 3.45. The van der Waals surface area contributed by atoms with Crippen molar-refractivity contribution in [2.75, 3.05) is 19.7 Å². The summed E-state index contributed by atoms with van der Waals surface area (Å²) in [6, 6.07) is 7.75. The van der Waals surface area contributed by atoms with Crippen molar-refractivity contribution < 1.29 is 9.26 Å². The van der Waals surface area contributed by atoms with E-state index in [2.05, 4.69) is 31.4 Å². The maximum Gasteiger partial charge on any atom is 0.259 e. The summed E-state index contributed by atoms with van der Waals surface area (Å²) in [6.45, 7) is 2.25. The number of nitrogens with zero attached hydrogens (tertiary/aromatic N) is 2. The predicted octanol–water partition coefficient (Wildman–Crippen LogP) is 2.16. The standard InChI is InChI=1S/C12H12BrN3O2/c13-9-4-2-1-3-8(9)12-15-11(16-18-12)10-7-14-5-6-17-10/h1-4,10,14H,5-7H2. The molecule has 18 heavy (non-hydrogen) atoms. The van der Waals surface area contributed by atoms with Gasteiger partial charge in [0.1, 0.15) is 6.10 Å². The Morgan fingerprint density at radius 2 is 2.22 bits per heavy atom. The molecule has 0 aliphatic carbocycles. The van der Waals surface area contributed by atoms with E-state index in [1.54, 1.807) is 0 Å². The number of hydrogen-bond acceptors (Lipinski definition) is 5. The lowest BCUT2D eigenvalue weighted by atomic mass is 10.2. The molecule has 1 saturated heterocycles. The quantitative estimate of drug-likeness (QED) is 0.921. The van der Waals surface area contributed by atoms with E-state index in [1.807, 2.05) is 24.3 Å². The van der Waals surface area contributed by atoms with Crippen molar-refractivity contribution in [3.05, 3.63) is 34.6 Å². The first-order valence-electron chi connectivity index (χ1n) is 5.75. The van der Waals surface area contributed by atoms with Crippen molar-refractivity contribution in [3.8, 4) is 11.5 Å². The van der Waals surface area contributed by atoms with Gasteiger partial charge in [0, 0.05) is 17.6 Å². The first kappa shape index (κ1) is 11.8. The van der Waals surface area contributed by atoms with Crippen LogP contribution in [-0.2, 0) is 4.74 Å². The molecule has 1 fully saturated rings. The number of halogens is 1. The number of rotatable bonds is 2. The normalized spacial score (nSPS) is 19.9. The molecule has 1 aliphatic heterocycles. The van der Waals surface area contributed by atoms with Crippen molar-refractivity contribution in [1.29, 1.82) is 0 Å². The van der Waals surface area contributed by atoms with Gasteiger partial charge in [0.15, 0.2) is 0 Å². The van der Waals surface area contributed by atoms with E-state index in [9.17, 15) is 0 Å². The molecule has 1 N–H and O–H groups in total. The van der Waals surface area contributed by atoms with Crippen LogP contribution in [0.3, 0.4) is 0 Å². The monoisotopic (exact) mass is 309 g/mol. The van der Waals surface area contributed by atoms with Crippen molar-refractivity contribution in [3.63, 3.8) is 0 Å². The Hall–Kier alpha value is -1.24. The molecule has 1 aromatic heterocycles. The summed E-state index contributed by atoms with van der Waals surface area (Å²) in [5.41, 5.74) is 0.889. The molecule has 2 heterocycles. The van der Waals surface area contributed by atoms with E-state index in [4.69, 9.17) is 9.26 Å². The van der Waals surface area contributed by atoms with Gasteiger partial charge >= 0.3 is 0 Å². The number of morpholine rings is 1. The molecule has 1 aromatic carbocycles. The average molecular weight is 310 g/mol. The van der Waals surface area contributed by atoms with Gasteiger partial charge in [0.05, 0.1) is 12.2 Å². The zero-order valence-electron chi connectivity index (χ0n) is 9.60. The van der Waals surface area contributed by atoms with E-state index in [-0.39, 0.29) is 6.10 Å². The molecular formula is C12H12BrN3O2. The molecule has 0 amide bonds. The van der Waals surface area contributed by atoms with Crippen LogP contribution in [-0.4, -0.2) is 29.8 Å². The zero-order chi connectivity index (χ0) is 12.4. The molecule has 5 nitrogen and oxygen atoms in total. The van der Waals surface area contributed by atoms with Crippen LogP contribution in [0, 0.1) is 0 Å². The highest BCUT2D eigenvalue weighted by atomic mass is 79.9. The van der Waals surface area contributed by atoms with E-state index in [0.29, 0.717) is 18.3 Å². The van der Waals surface area contributed by atoms with Gasteiger partial charge in [0.2, 0.25) is 5.82 Å². The highest BCUT2D eigenvalue weighted by molar-refractivity contribution is 9.10. The lowest BCUT2D eigenvalue weighted by Gasteiger charge is -2.20. The Balaban J connectivity index is 1.87. The van der Waals surface area contributed by atoms with Crippen molar-refractivity contribution in [2.45, 2.75) is 6.10 Å². The predicted molar refractivity (Wildman–Crippen MR) is 69.0 cm³/mol. The fourth-order valence-corrected chi connectivity index (χ4v) is 2.30. The van der Waals surface area contributed by atoms with Crippen LogP contribution in [0.4, 0.5) is 0 Å².